The third-order valence-electron chi connectivity index (χ3n) is 6.44. The van der Waals surface area contributed by atoms with Crippen molar-refractivity contribution in [3.63, 3.8) is 0 Å². The molecule has 40 heavy (non-hydrogen) atoms. The smallest absolute Gasteiger partial charge is 0.264 e. The molecule has 0 bridgehead atoms. The predicted octanol–water partition coefficient (Wildman–Crippen LogP) is 4.41. The number of amides is 2. The molecule has 0 spiro atoms. The first-order valence-electron chi connectivity index (χ1n) is 12.6. The molecule has 0 fully saturated rings. The number of likely N-dealkylation sites (N-methyl/N-ethyl adjacent to an activating group) is 1. The van der Waals surface area contributed by atoms with Crippen LogP contribution in [0.5, 0.6) is 11.5 Å². The van der Waals surface area contributed by atoms with Crippen molar-refractivity contribution in [1.29, 1.82) is 0 Å². The van der Waals surface area contributed by atoms with Gasteiger partial charge >= 0.3 is 0 Å². The van der Waals surface area contributed by atoms with E-state index in [1.807, 2.05) is 6.92 Å². The number of halogens is 1. The SMILES string of the molecule is CCC(C(=O)NC)N(Cc1ccc(Cl)cc1)C(=O)CN(c1ccc(OC)c(OC)c1)S(=O)(=O)c1ccc(C)cc1. The second-order valence-corrected chi connectivity index (χ2v) is 11.3. The topological polar surface area (TPSA) is 105 Å². The molecule has 11 heteroatoms. The van der Waals surface area contributed by atoms with Crippen LogP contribution < -0.4 is 19.1 Å². The first-order valence-corrected chi connectivity index (χ1v) is 14.4. The lowest BCUT2D eigenvalue weighted by atomic mass is 10.1. The molecule has 1 N–H and O–H groups in total. The minimum absolute atomic E-state index is 0.0169. The van der Waals surface area contributed by atoms with E-state index in [9.17, 15) is 18.0 Å². The van der Waals surface area contributed by atoms with E-state index in [-0.39, 0.29) is 23.0 Å². The van der Waals surface area contributed by atoms with Gasteiger partial charge in [-0.05, 0) is 55.3 Å². The largest absolute Gasteiger partial charge is 0.493 e. The van der Waals surface area contributed by atoms with Crippen molar-refractivity contribution in [2.45, 2.75) is 37.8 Å². The third-order valence-corrected chi connectivity index (χ3v) is 8.48. The number of aryl methyl sites for hydroxylation is 1. The summed E-state index contributed by atoms with van der Waals surface area (Å²) in [7, 11) is 0.196. The van der Waals surface area contributed by atoms with Crippen molar-refractivity contribution >= 4 is 39.1 Å². The molecule has 1 unspecified atom stereocenters. The summed E-state index contributed by atoms with van der Waals surface area (Å²) in [6.07, 6.45) is 0.320. The number of carbonyl (C=O) groups is 2. The van der Waals surface area contributed by atoms with Gasteiger partial charge in [0.1, 0.15) is 12.6 Å². The predicted molar refractivity (Wildman–Crippen MR) is 155 cm³/mol. The van der Waals surface area contributed by atoms with Crippen LogP contribution in [0, 0.1) is 6.92 Å². The van der Waals surface area contributed by atoms with Gasteiger partial charge in [0, 0.05) is 24.7 Å². The van der Waals surface area contributed by atoms with Gasteiger partial charge in [-0.1, -0.05) is 48.4 Å². The van der Waals surface area contributed by atoms with Crippen LogP contribution in [-0.2, 0) is 26.2 Å². The number of hydrogen-bond acceptors (Lipinski definition) is 6. The van der Waals surface area contributed by atoms with Gasteiger partial charge in [-0.3, -0.25) is 13.9 Å². The fourth-order valence-electron chi connectivity index (χ4n) is 4.22. The number of sulfonamides is 1. The number of ether oxygens (including phenoxy) is 2. The molecule has 1 atom stereocenters. The lowest BCUT2D eigenvalue weighted by Crippen LogP contribution is -2.51. The van der Waals surface area contributed by atoms with Gasteiger partial charge in [0.05, 0.1) is 24.8 Å². The summed E-state index contributed by atoms with van der Waals surface area (Å²) in [6, 6.07) is 17.0. The molecule has 0 aliphatic carbocycles. The summed E-state index contributed by atoms with van der Waals surface area (Å²) in [4.78, 5) is 28.2. The molecule has 0 aromatic heterocycles. The molecule has 214 valence electrons. The number of nitrogens with zero attached hydrogens (tertiary/aromatic N) is 2. The molecular formula is C29H34ClN3O6S. The molecule has 3 aromatic carbocycles. The van der Waals surface area contributed by atoms with E-state index < -0.39 is 28.5 Å². The summed E-state index contributed by atoms with van der Waals surface area (Å²) >= 11 is 6.04. The highest BCUT2D eigenvalue weighted by Gasteiger charge is 2.33. The van der Waals surface area contributed by atoms with Crippen LogP contribution in [0.2, 0.25) is 5.02 Å². The lowest BCUT2D eigenvalue weighted by molar-refractivity contribution is -0.140. The van der Waals surface area contributed by atoms with Gasteiger partial charge < -0.3 is 19.7 Å². The first-order chi connectivity index (χ1) is 19.0. The number of benzene rings is 3. The molecule has 9 nitrogen and oxygen atoms in total. The molecule has 0 saturated heterocycles. The number of nitrogens with one attached hydrogen (secondary N) is 1. The fourth-order valence-corrected chi connectivity index (χ4v) is 5.75. The lowest BCUT2D eigenvalue weighted by Gasteiger charge is -2.33. The van der Waals surface area contributed by atoms with Gasteiger partial charge in [0.2, 0.25) is 11.8 Å². The second kappa shape index (κ2) is 13.5. The zero-order chi connectivity index (χ0) is 29.4. The average Bonchev–Trinajstić information content (AvgIpc) is 2.96. The zero-order valence-electron chi connectivity index (χ0n) is 23.2. The van der Waals surface area contributed by atoms with E-state index in [0.717, 1.165) is 15.4 Å². The summed E-state index contributed by atoms with van der Waals surface area (Å²) in [6.45, 7) is 3.15. The molecule has 2 amide bonds. The minimum Gasteiger partial charge on any atom is -0.493 e. The highest BCUT2D eigenvalue weighted by atomic mass is 35.5. The Kier molecular flexibility index (Phi) is 10.4. The van der Waals surface area contributed by atoms with Crippen molar-refractivity contribution in [3.8, 4) is 11.5 Å². The van der Waals surface area contributed by atoms with E-state index in [4.69, 9.17) is 21.1 Å². The van der Waals surface area contributed by atoms with E-state index in [1.54, 1.807) is 55.5 Å². The van der Waals surface area contributed by atoms with Crippen LogP contribution >= 0.6 is 11.6 Å². The molecule has 0 heterocycles. The summed E-state index contributed by atoms with van der Waals surface area (Å²) in [5, 5.41) is 3.14. The molecular weight excluding hydrogens is 554 g/mol. The van der Waals surface area contributed by atoms with Gasteiger partial charge in [0.25, 0.3) is 10.0 Å². The van der Waals surface area contributed by atoms with Crippen molar-refractivity contribution in [2.24, 2.45) is 0 Å². The van der Waals surface area contributed by atoms with E-state index in [2.05, 4.69) is 5.32 Å². The summed E-state index contributed by atoms with van der Waals surface area (Å²) in [5.41, 5.74) is 1.82. The number of anilines is 1. The Morgan fingerprint density at radius 2 is 1.57 bits per heavy atom. The molecule has 0 aliphatic rings. The fraction of sp³-hybridized carbons (Fsp3) is 0.310. The van der Waals surface area contributed by atoms with Gasteiger partial charge in [-0.2, -0.15) is 0 Å². The molecule has 0 radical (unpaired) electrons. The summed E-state index contributed by atoms with van der Waals surface area (Å²) < 4.78 is 39.7. The average molecular weight is 588 g/mol. The van der Waals surface area contributed by atoms with Crippen molar-refractivity contribution < 1.29 is 27.5 Å². The Labute approximate surface area is 240 Å². The molecule has 3 aromatic rings. The van der Waals surface area contributed by atoms with Gasteiger partial charge in [0.15, 0.2) is 11.5 Å². The Hall–Kier alpha value is -3.76. The van der Waals surface area contributed by atoms with E-state index in [0.29, 0.717) is 22.9 Å². The Morgan fingerprint density at radius 1 is 0.950 bits per heavy atom. The van der Waals surface area contributed by atoms with Crippen LogP contribution in [-0.4, -0.2) is 59.0 Å². The monoisotopic (exact) mass is 587 g/mol. The maximum absolute atomic E-state index is 14.0. The van der Waals surface area contributed by atoms with Crippen molar-refractivity contribution in [1.82, 2.24) is 10.2 Å². The Balaban J connectivity index is 2.11. The quantitative estimate of drug-likeness (QED) is 0.336. The van der Waals surface area contributed by atoms with Crippen LogP contribution in [0.3, 0.4) is 0 Å². The highest BCUT2D eigenvalue weighted by Crippen LogP contribution is 2.34. The minimum atomic E-state index is -4.21. The van der Waals surface area contributed by atoms with Gasteiger partial charge in [-0.15, -0.1) is 0 Å². The Morgan fingerprint density at radius 3 is 2.12 bits per heavy atom. The van der Waals surface area contributed by atoms with Crippen LogP contribution in [0.25, 0.3) is 0 Å². The van der Waals surface area contributed by atoms with Crippen molar-refractivity contribution in [3.05, 3.63) is 82.9 Å². The van der Waals surface area contributed by atoms with Crippen LogP contribution in [0.4, 0.5) is 5.69 Å². The number of rotatable bonds is 12. The van der Waals surface area contributed by atoms with Crippen LogP contribution in [0.15, 0.2) is 71.6 Å². The number of methoxy groups -OCH3 is 2. The molecule has 0 aliphatic heterocycles. The highest BCUT2D eigenvalue weighted by molar-refractivity contribution is 7.92. The normalized spacial score (nSPS) is 11.8. The summed E-state index contributed by atoms with van der Waals surface area (Å²) in [5.74, 6) is -0.216. The standard InChI is InChI=1S/C29H34ClN3O6S/c1-6-25(29(35)31-3)32(18-21-9-11-22(30)12-10-21)28(34)19-33(23-13-16-26(38-4)27(17-23)39-5)40(36,37)24-14-7-20(2)8-15-24/h7-17,25H,6,18-19H2,1-5H3,(H,31,35). The van der Waals surface area contributed by atoms with E-state index >= 15 is 0 Å². The maximum atomic E-state index is 14.0. The third kappa shape index (κ3) is 7.05. The Bertz CT molecular complexity index is 1430. The van der Waals surface area contributed by atoms with Crippen molar-refractivity contribution in [2.75, 3.05) is 32.1 Å². The molecule has 3 rings (SSSR count). The van der Waals surface area contributed by atoms with Gasteiger partial charge in [-0.25, -0.2) is 8.42 Å². The van der Waals surface area contributed by atoms with Crippen LogP contribution in [0.1, 0.15) is 24.5 Å². The zero-order valence-corrected chi connectivity index (χ0v) is 24.8. The molecule has 0 saturated carbocycles. The number of carbonyl (C=O) groups excluding carboxylic acids is 2. The first kappa shape index (κ1) is 30.8. The maximum Gasteiger partial charge on any atom is 0.264 e. The second-order valence-electron chi connectivity index (χ2n) is 9.05. The number of hydrogen-bond donors (Lipinski definition) is 1. The van der Waals surface area contributed by atoms with E-state index in [1.165, 1.54) is 44.4 Å².